The largest absolute Gasteiger partial charge is 0.384 e. The van der Waals surface area contributed by atoms with Crippen LogP contribution < -0.4 is 5.32 Å². The SMILES string of the molecule is COCC1CCCN(CCNC(C2CC2)C2CC2)C1. The molecule has 0 bridgehead atoms. The van der Waals surface area contributed by atoms with Crippen LogP contribution in [0.5, 0.6) is 0 Å². The van der Waals surface area contributed by atoms with Gasteiger partial charge in [-0.3, -0.25) is 0 Å². The second kappa shape index (κ2) is 6.55. The van der Waals surface area contributed by atoms with Gasteiger partial charge < -0.3 is 15.0 Å². The van der Waals surface area contributed by atoms with Crippen molar-refractivity contribution in [1.29, 1.82) is 0 Å². The van der Waals surface area contributed by atoms with E-state index in [1.165, 1.54) is 64.7 Å². The summed E-state index contributed by atoms with van der Waals surface area (Å²) in [5, 5.41) is 3.86. The van der Waals surface area contributed by atoms with E-state index in [4.69, 9.17) is 4.74 Å². The average Bonchev–Trinajstić information content (AvgIpc) is 3.28. The molecule has 3 rings (SSSR count). The van der Waals surface area contributed by atoms with Gasteiger partial charge in [0.25, 0.3) is 0 Å². The van der Waals surface area contributed by atoms with E-state index >= 15 is 0 Å². The summed E-state index contributed by atoms with van der Waals surface area (Å²) in [6.07, 6.45) is 8.62. The zero-order chi connectivity index (χ0) is 13.1. The molecule has 3 nitrogen and oxygen atoms in total. The molecule has 1 N–H and O–H groups in total. The normalized spacial score (nSPS) is 29.1. The highest BCUT2D eigenvalue weighted by molar-refractivity contribution is 4.96. The lowest BCUT2D eigenvalue weighted by Gasteiger charge is -2.32. The molecule has 0 aromatic heterocycles. The third kappa shape index (κ3) is 4.17. The Balaban J connectivity index is 1.34. The third-order valence-corrected chi connectivity index (χ3v) is 5.07. The molecule has 3 heteroatoms. The van der Waals surface area contributed by atoms with E-state index in [1.807, 2.05) is 7.11 Å². The van der Waals surface area contributed by atoms with Crippen molar-refractivity contribution in [2.45, 2.75) is 44.6 Å². The van der Waals surface area contributed by atoms with Gasteiger partial charge in [-0.15, -0.1) is 0 Å². The Morgan fingerprint density at radius 1 is 1.16 bits per heavy atom. The van der Waals surface area contributed by atoms with E-state index < -0.39 is 0 Å². The summed E-state index contributed by atoms with van der Waals surface area (Å²) in [6.45, 7) is 5.90. The van der Waals surface area contributed by atoms with E-state index in [2.05, 4.69) is 10.2 Å². The van der Waals surface area contributed by atoms with E-state index in [9.17, 15) is 0 Å². The highest BCUT2D eigenvalue weighted by Gasteiger charge is 2.40. The van der Waals surface area contributed by atoms with Gasteiger partial charge in [0, 0.05) is 32.8 Å². The molecule has 1 aliphatic heterocycles. The Morgan fingerprint density at radius 2 is 1.89 bits per heavy atom. The van der Waals surface area contributed by atoms with Gasteiger partial charge in [-0.1, -0.05) is 0 Å². The molecule has 1 atom stereocenters. The monoisotopic (exact) mass is 266 g/mol. The van der Waals surface area contributed by atoms with Crippen molar-refractivity contribution in [2.75, 3.05) is 39.9 Å². The number of rotatable bonds is 8. The van der Waals surface area contributed by atoms with Crippen molar-refractivity contribution in [3.05, 3.63) is 0 Å². The Morgan fingerprint density at radius 3 is 2.53 bits per heavy atom. The predicted octanol–water partition coefficient (Wildman–Crippen LogP) is 2.12. The lowest BCUT2D eigenvalue weighted by atomic mass is 9.99. The van der Waals surface area contributed by atoms with Gasteiger partial charge in [0.2, 0.25) is 0 Å². The van der Waals surface area contributed by atoms with E-state index in [-0.39, 0.29) is 0 Å². The van der Waals surface area contributed by atoms with Gasteiger partial charge in [0.1, 0.15) is 0 Å². The number of nitrogens with zero attached hydrogens (tertiary/aromatic N) is 1. The van der Waals surface area contributed by atoms with Gasteiger partial charge in [0.15, 0.2) is 0 Å². The molecule has 19 heavy (non-hydrogen) atoms. The van der Waals surface area contributed by atoms with E-state index in [0.29, 0.717) is 0 Å². The quantitative estimate of drug-likeness (QED) is 0.728. The molecule has 3 aliphatic rings. The van der Waals surface area contributed by atoms with Crippen LogP contribution in [0.15, 0.2) is 0 Å². The molecule has 0 spiro atoms. The van der Waals surface area contributed by atoms with E-state index in [0.717, 1.165) is 30.4 Å². The summed E-state index contributed by atoms with van der Waals surface area (Å²) in [4.78, 5) is 2.64. The minimum Gasteiger partial charge on any atom is -0.384 e. The Bertz CT molecular complexity index is 262. The summed E-state index contributed by atoms with van der Waals surface area (Å²) in [5.41, 5.74) is 0. The molecule has 0 aromatic carbocycles. The van der Waals surface area contributed by atoms with Crippen molar-refractivity contribution in [3.8, 4) is 0 Å². The molecular weight excluding hydrogens is 236 g/mol. The number of nitrogens with one attached hydrogen (secondary N) is 1. The van der Waals surface area contributed by atoms with Crippen LogP contribution in [0.2, 0.25) is 0 Å². The maximum Gasteiger partial charge on any atom is 0.0502 e. The summed E-state index contributed by atoms with van der Waals surface area (Å²) >= 11 is 0. The van der Waals surface area contributed by atoms with Crippen LogP contribution in [0.3, 0.4) is 0 Å². The second-order valence-corrected chi connectivity index (χ2v) is 6.92. The summed E-state index contributed by atoms with van der Waals surface area (Å²) in [7, 11) is 1.83. The molecule has 1 heterocycles. The zero-order valence-corrected chi connectivity index (χ0v) is 12.4. The third-order valence-electron chi connectivity index (χ3n) is 5.07. The maximum atomic E-state index is 5.31. The van der Waals surface area contributed by atoms with Crippen molar-refractivity contribution in [1.82, 2.24) is 10.2 Å². The topological polar surface area (TPSA) is 24.5 Å². The minimum atomic E-state index is 0.765. The summed E-state index contributed by atoms with van der Waals surface area (Å²) < 4.78 is 5.31. The van der Waals surface area contributed by atoms with Crippen LogP contribution in [0.4, 0.5) is 0 Å². The minimum absolute atomic E-state index is 0.765. The molecule has 1 unspecified atom stereocenters. The fourth-order valence-corrected chi connectivity index (χ4v) is 3.74. The van der Waals surface area contributed by atoms with Gasteiger partial charge in [-0.05, 0) is 62.8 Å². The van der Waals surface area contributed by atoms with Crippen molar-refractivity contribution in [2.24, 2.45) is 17.8 Å². The smallest absolute Gasteiger partial charge is 0.0502 e. The number of hydrogen-bond acceptors (Lipinski definition) is 3. The average molecular weight is 266 g/mol. The molecule has 0 aromatic rings. The second-order valence-electron chi connectivity index (χ2n) is 6.92. The number of hydrogen-bond donors (Lipinski definition) is 1. The molecule has 110 valence electrons. The van der Waals surface area contributed by atoms with Crippen LogP contribution in [0, 0.1) is 17.8 Å². The number of ether oxygens (including phenoxy) is 1. The number of piperidine rings is 1. The maximum absolute atomic E-state index is 5.31. The predicted molar refractivity (Wildman–Crippen MR) is 78.3 cm³/mol. The zero-order valence-electron chi connectivity index (χ0n) is 12.4. The van der Waals surface area contributed by atoms with Crippen LogP contribution in [0.1, 0.15) is 38.5 Å². The number of methoxy groups -OCH3 is 1. The van der Waals surface area contributed by atoms with Gasteiger partial charge >= 0.3 is 0 Å². The van der Waals surface area contributed by atoms with Crippen molar-refractivity contribution in [3.63, 3.8) is 0 Å². The number of likely N-dealkylation sites (tertiary alicyclic amines) is 1. The lowest BCUT2D eigenvalue weighted by molar-refractivity contribution is 0.0904. The fourth-order valence-electron chi connectivity index (χ4n) is 3.74. The Kier molecular flexibility index (Phi) is 4.78. The fraction of sp³-hybridized carbons (Fsp3) is 1.00. The van der Waals surface area contributed by atoms with Gasteiger partial charge in [-0.2, -0.15) is 0 Å². The van der Waals surface area contributed by atoms with Gasteiger partial charge in [0.05, 0.1) is 6.61 Å². The highest BCUT2D eigenvalue weighted by Crippen LogP contribution is 2.44. The lowest BCUT2D eigenvalue weighted by Crippen LogP contribution is -2.43. The highest BCUT2D eigenvalue weighted by atomic mass is 16.5. The van der Waals surface area contributed by atoms with Crippen LogP contribution in [-0.4, -0.2) is 50.8 Å². The molecule has 1 saturated heterocycles. The van der Waals surface area contributed by atoms with Crippen LogP contribution in [0.25, 0.3) is 0 Å². The first-order chi connectivity index (χ1) is 9.36. The van der Waals surface area contributed by atoms with Gasteiger partial charge in [-0.25, -0.2) is 0 Å². The van der Waals surface area contributed by atoms with Crippen LogP contribution >= 0.6 is 0 Å². The molecule has 2 saturated carbocycles. The first kappa shape index (κ1) is 13.8. The molecule has 2 aliphatic carbocycles. The summed E-state index contributed by atoms with van der Waals surface area (Å²) in [5.74, 6) is 2.81. The van der Waals surface area contributed by atoms with Crippen molar-refractivity contribution < 1.29 is 4.74 Å². The molecule has 0 amide bonds. The first-order valence-corrected chi connectivity index (χ1v) is 8.31. The van der Waals surface area contributed by atoms with E-state index in [1.54, 1.807) is 0 Å². The van der Waals surface area contributed by atoms with Crippen molar-refractivity contribution >= 4 is 0 Å². The molecular formula is C16H30N2O. The standard InChI is InChI=1S/C16H30N2O/c1-19-12-13-3-2-9-18(11-13)10-8-17-16(14-4-5-14)15-6-7-15/h13-17H,2-12H2,1H3. The molecule has 3 fully saturated rings. The Hall–Kier alpha value is -0.120. The Labute approximate surface area is 118 Å². The molecule has 0 radical (unpaired) electrons. The van der Waals surface area contributed by atoms with Crippen LogP contribution in [-0.2, 0) is 4.74 Å². The summed E-state index contributed by atoms with van der Waals surface area (Å²) in [6, 6.07) is 0.861. The first-order valence-electron chi connectivity index (χ1n) is 8.31.